The van der Waals surface area contributed by atoms with Gasteiger partial charge in [0, 0.05) is 6.42 Å². The van der Waals surface area contributed by atoms with Crippen LogP contribution < -0.4 is 10.2 Å². The number of rotatable bonds is 69. The lowest BCUT2D eigenvalue weighted by molar-refractivity contribution is -0.870. The zero-order valence-corrected chi connectivity index (χ0v) is 57.3. The summed E-state index contributed by atoms with van der Waals surface area (Å²) in [4.78, 5) is 25.6. The average molecular weight is 1190 g/mol. The van der Waals surface area contributed by atoms with Crippen molar-refractivity contribution in [2.45, 2.75) is 392 Å². The zero-order valence-electron chi connectivity index (χ0n) is 56.4. The summed E-state index contributed by atoms with van der Waals surface area (Å²) < 4.78 is 23.5. The van der Waals surface area contributed by atoms with Gasteiger partial charge in [-0.2, -0.15) is 0 Å². The monoisotopic (exact) mass is 1190 g/mol. The molecule has 8 nitrogen and oxygen atoms in total. The van der Waals surface area contributed by atoms with Gasteiger partial charge in [-0.25, -0.2) is 0 Å². The van der Waals surface area contributed by atoms with Crippen LogP contribution in [0.2, 0.25) is 0 Å². The molecule has 0 aromatic carbocycles. The van der Waals surface area contributed by atoms with Crippen molar-refractivity contribution in [1.29, 1.82) is 0 Å². The predicted molar refractivity (Wildman–Crippen MR) is 362 cm³/mol. The second-order valence-electron chi connectivity index (χ2n) is 26.7. The molecule has 3 unspecified atom stereocenters. The molecule has 0 bridgehead atoms. The number of phosphoric ester groups is 1. The van der Waals surface area contributed by atoms with Gasteiger partial charge < -0.3 is 28.8 Å². The van der Waals surface area contributed by atoms with Gasteiger partial charge in [-0.3, -0.25) is 9.36 Å². The number of carbonyl (C=O) groups is 1. The smallest absolute Gasteiger partial charge is 0.268 e. The Kier molecular flexibility index (Phi) is 64.2. The molecule has 0 saturated carbocycles. The van der Waals surface area contributed by atoms with E-state index in [1.165, 1.54) is 315 Å². The Labute approximate surface area is 518 Å². The molecule has 0 aliphatic rings. The molecule has 0 saturated heterocycles. The second kappa shape index (κ2) is 65.2. The van der Waals surface area contributed by atoms with Crippen LogP contribution in [0.5, 0.6) is 0 Å². The Hall–Kier alpha value is -1.28. The molecule has 0 aliphatic carbocycles. The van der Waals surface area contributed by atoms with Crippen LogP contribution in [-0.4, -0.2) is 68.5 Å². The first-order chi connectivity index (χ1) is 40.5. The largest absolute Gasteiger partial charge is 0.756 e. The van der Waals surface area contributed by atoms with Crippen molar-refractivity contribution in [1.82, 2.24) is 5.32 Å². The molecule has 0 heterocycles. The number of hydrogen-bond donors (Lipinski definition) is 2. The molecule has 3 atom stereocenters. The van der Waals surface area contributed by atoms with Crippen molar-refractivity contribution in [3.05, 3.63) is 36.5 Å². The van der Waals surface area contributed by atoms with Gasteiger partial charge in [0.1, 0.15) is 13.2 Å². The van der Waals surface area contributed by atoms with Crippen molar-refractivity contribution in [3.63, 3.8) is 0 Å². The fraction of sp³-hybridized carbons (Fsp3) is 0.905. The van der Waals surface area contributed by atoms with Crippen molar-refractivity contribution in [2.24, 2.45) is 0 Å². The minimum Gasteiger partial charge on any atom is -0.756 e. The highest BCUT2D eigenvalue weighted by atomic mass is 31.2. The van der Waals surface area contributed by atoms with E-state index in [0.717, 1.165) is 44.9 Å². The predicted octanol–water partition coefficient (Wildman–Crippen LogP) is 23.0. The van der Waals surface area contributed by atoms with Gasteiger partial charge >= 0.3 is 0 Å². The fourth-order valence-corrected chi connectivity index (χ4v) is 12.1. The molecule has 1 amide bonds. The number of nitrogens with zero attached hydrogens (tertiary/aromatic N) is 1. The lowest BCUT2D eigenvalue weighted by Gasteiger charge is -2.29. The van der Waals surface area contributed by atoms with E-state index in [1.807, 2.05) is 27.2 Å². The Morgan fingerprint density at radius 2 is 0.699 bits per heavy atom. The number of hydrogen-bond acceptors (Lipinski definition) is 6. The third-order valence-corrected chi connectivity index (χ3v) is 18.1. The molecule has 0 rings (SSSR count). The summed E-state index contributed by atoms with van der Waals surface area (Å²) in [6.45, 7) is 4.70. The minimum atomic E-state index is -4.60. The number of nitrogens with one attached hydrogen (secondary N) is 1. The Morgan fingerprint density at radius 1 is 0.422 bits per heavy atom. The van der Waals surface area contributed by atoms with E-state index in [9.17, 15) is 19.4 Å². The van der Waals surface area contributed by atoms with E-state index in [2.05, 4.69) is 43.5 Å². The highest BCUT2D eigenvalue weighted by Crippen LogP contribution is 2.38. The topological polar surface area (TPSA) is 108 Å². The number of aliphatic hydroxyl groups excluding tert-OH is 1. The quantitative estimate of drug-likeness (QED) is 0.0272. The fourth-order valence-electron chi connectivity index (χ4n) is 11.4. The first kappa shape index (κ1) is 81.7. The highest BCUT2D eigenvalue weighted by Gasteiger charge is 2.23. The van der Waals surface area contributed by atoms with Crippen LogP contribution >= 0.6 is 7.82 Å². The maximum absolute atomic E-state index is 13.0. The van der Waals surface area contributed by atoms with Gasteiger partial charge in [0.15, 0.2) is 0 Å². The van der Waals surface area contributed by atoms with Crippen LogP contribution in [0, 0.1) is 0 Å². The van der Waals surface area contributed by atoms with E-state index in [4.69, 9.17) is 9.05 Å². The average Bonchev–Trinajstić information content (AvgIpc) is 3.49. The molecule has 0 spiro atoms. The molecule has 0 aliphatic heterocycles. The Bertz CT molecular complexity index is 1450. The summed E-state index contributed by atoms with van der Waals surface area (Å²) in [6, 6.07) is -0.885. The number of carbonyl (C=O) groups excluding carboxylic acids is 1. The molecular weight excluding hydrogens is 1040 g/mol. The van der Waals surface area contributed by atoms with Gasteiger partial charge in [-0.1, -0.05) is 359 Å². The molecule has 0 fully saturated rings. The van der Waals surface area contributed by atoms with Crippen LogP contribution in [0.25, 0.3) is 0 Å². The van der Waals surface area contributed by atoms with Crippen LogP contribution in [0.1, 0.15) is 380 Å². The van der Waals surface area contributed by atoms with Crippen LogP contribution in [0.3, 0.4) is 0 Å². The summed E-state index contributed by atoms with van der Waals surface area (Å²) in [5, 5.41) is 14.0. The number of aliphatic hydroxyl groups is 1. The molecule has 0 aromatic rings. The van der Waals surface area contributed by atoms with E-state index >= 15 is 0 Å². The number of quaternary nitrogens is 1. The van der Waals surface area contributed by atoms with Gasteiger partial charge in [0.25, 0.3) is 7.82 Å². The molecule has 0 aromatic heterocycles. The van der Waals surface area contributed by atoms with Crippen LogP contribution in [0.15, 0.2) is 36.5 Å². The van der Waals surface area contributed by atoms with E-state index < -0.39 is 20.0 Å². The molecule has 83 heavy (non-hydrogen) atoms. The van der Waals surface area contributed by atoms with E-state index in [1.54, 1.807) is 6.08 Å². The Balaban J connectivity index is 3.88. The van der Waals surface area contributed by atoms with E-state index in [0.29, 0.717) is 17.4 Å². The second-order valence-corrected chi connectivity index (χ2v) is 28.1. The molecule has 0 radical (unpaired) electrons. The van der Waals surface area contributed by atoms with Crippen molar-refractivity contribution >= 4 is 13.7 Å². The summed E-state index contributed by atoms with van der Waals surface area (Å²) in [5.41, 5.74) is 0. The number of likely N-dealkylation sites (N-methyl/N-ethyl adjacent to an activating group) is 1. The lowest BCUT2D eigenvalue weighted by Crippen LogP contribution is -2.45. The third kappa shape index (κ3) is 68.1. The van der Waals surface area contributed by atoms with Gasteiger partial charge in [-0.15, -0.1) is 0 Å². The standard InChI is InChI=1S/C74H145N2O6P/c1-6-8-10-12-14-16-18-20-22-24-26-28-29-30-31-32-33-34-35-36-37-38-39-40-41-42-43-44-45-46-47-48-50-52-54-56-58-60-62-64-66-68-74(78)75-72(71-82-83(79,80)81-70-69-76(3,4)5)73(77)67-65-63-61-59-57-55-53-51-49-27-25-23-21-19-17-15-13-11-9-7-2/h18,20,24,26,65,67,72-73,77H,6-17,19,21-23,25,27-64,66,68-71H2,1-5H3,(H-,75,78,79,80)/b20-18-,26-24-,67-65+. The van der Waals surface area contributed by atoms with E-state index in [-0.39, 0.29) is 19.1 Å². The first-order valence-electron chi connectivity index (χ1n) is 36.9. The third-order valence-electron chi connectivity index (χ3n) is 17.1. The molecule has 9 heteroatoms. The van der Waals surface area contributed by atoms with Gasteiger partial charge in [-0.05, 0) is 51.4 Å². The van der Waals surface area contributed by atoms with Crippen molar-refractivity contribution in [2.75, 3.05) is 40.9 Å². The maximum Gasteiger partial charge on any atom is 0.268 e. The van der Waals surface area contributed by atoms with Crippen molar-refractivity contribution < 1.29 is 32.9 Å². The number of unbranched alkanes of at least 4 members (excludes halogenated alkanes) is 52. The first-order valence-corrected chi connectivity index (χ1v) is 38.3. The van der Waals surface area contributed by atoms with Crippen molar-refractivity contribution in [3.8, 4) is 0 Å². The Morgan fingerprint density at radius 3 is 1.00 bits per heavy atom. The lowest BCUT2D eigenvalue weighted by atomic mass is 10.0. The number of phosphoric acid groups is 1. The summed E-state index contributed by atoms with van der Waals surface area (Å²) in [5.74, 6) is -0.189. The SMILES string of the molecule is CCCCCCC/C=C\C/C=C\CCCCCCCCCCCCCCCCCCCCCCCCCCCCCCCC(=O)NC(COP(=O)([O-])OCC[N+](C)(C)C)C(O)/C=C/CCCCCCCCCCCCCCCCCCCC. The van der Waals surface area contributed by atoms with Crippen LogP contribution in [0.4, 0.5) is 0 Å². The summed E-state index contributed by atoms with van der Waals surface area (Å²) in [7, 11) is 1.28. The molecule has 492 valence electrons. The molecular formula is C74H145N2O6P. The number of amides is 1. The van der Waals surface area contributed by atoms with Crippen LogP contribution in [-0.2, 0) is 18.4 Å². The summed E-state index contributed by atoms with van der Waals surface area (Å²) in [6.07, 6.45) is 87.2. The van der Waals surface area contributed by atoms with Gasteiger partial charge in [0.05, 0.1) is 39.9 Å². The van der Waals surface area contributed by atoms with Gasteiger partial charge in [0.2, 0.25) is 5.91 Å². The highest BCUT2D eigenvalue weighted by molar-refractivity contribution is 7.45. The summed E-state index contributed by atoms with van der Waals surface area (Å²) >= 11 is 0. The minimum absolute atomic E-state index is 0.00180. The zero-order chi connectivity index (χ0) is 60.5. The maximum atomic E-state index is 13.0. The number of allylic oxidation sites excluding steroid dienone is 5. The normalized spacial score (nSPS) is 13.8. The molecule has 2 N–H and O–H groups in total.